The van der Waals surface area contributed by atoms with Crippen molar-refractivity contribution in [1.82, 2.24) is 5.32 Å². The molecule has 1 aliphatic rings. The number of nitrogens with zero attached hydrogens (tertiary/aromatic N) is 1. The summed E-state index contributed by atoms with van der Waals surface area (Å²) < 4.78 is 6.02. The van der Waals surface area contributed by atoms with Gasteiger partial charge in [0.25, 0.3) is 11.6 Å². The number of carbonyl (C=O) groups excluding carboxylic acids is 1. The van der Waals surface area contributed by atoms with E-state index in [0.717, 1.165) is 25.0 Å². The number of benzene rings is 2. The summed E-state index contributed by atoms with van der Waals surface area (Å²) in [6, 6.07) is 12.8. The number of amides is 1. The van der Waals surface area contributed by atoms with Crippen molar-refractivity contribution in [1.29, 1.82) is 0 Å². The zero-order valence-corrected chi connectivity index (χ0v) is 16.1. The summed E-state index contributed by atoms with van der Waals surface area (Å²) in [6.07, 6.45) is 1.91. The van der Waals surface area contributed by atoms with Gasteiger partial charge < -0.3 is 15.4 Å². The van der Waals surface area contributed by atoms with Gasteiger partial charge in [0.2, 0.25) is 0 Å². The van der Waals surface area contributed by atoms with Gasteiger partial charge in [-0.15, -0.1) is 0 Å². The lowest BCUT2D eigenvalue weighted by molar-refractivity contribution is -0.384. The van der Waals surface area contributed by atoms with E-state index in [-0.39, 0.29) is 29.2 Å². The van der Waals surface area contributed by atoms with Gasteiger partial charge in [0, 0.05) is 37.7 Å². The lowest BCUT2D eigenvalue weighted by Crippen LogP contribution is -2.28. The first kappa shape index (κ1) is 19.8. The highest BCUT2D eigenvalue weighted by Crippen LogP contribution is 2.35. The Bertz CT molecular complexity index is 851. The summed E-state index contributed by atoms with van der Waals surface area (Å²) in [5.74, 6) is -0.149. The normalized spacial score (nSPS) is 19.1. The molecule has 0 bridgehead atoms. The maximum absolute atomic E-state index is 11.8. The van der Waals surface area contributed by atoms with Crippen LogP contribution in [0, 0.1) is 23.0 Å². The van der Waals surface area contributed by atoms with Crippen molar-refractivity contribution in [3.05, 3.63) is 69.3 Å². The highest BCUT2D eigenvalue weighted by molar-refractivity contribution is 5.95. The van der Waals surface area contributed by atoms with Gasteiger partial charge in [-0.2, -0.15) is 0 Å². The summed E-state index contributed by atoms with van der Waals surface area (Å²) in [5, 5.41) is 17.1. The number of nitro groups is 1. The first-order valence-electron chi connectivity index (χ1n) is 9.42. The van der Waals surface area contributed by atoms with E-state index in [2.05, 4.69) is 34.9 Å². The minimum atomic E-state index is -0.469. The first-order chi connectivity index (χ1) is 13.5. The molecule has 1 saturated heterocycles. The predicted molar refractivity (Wildman–Crippen MR) is 108 cm³/mol. The Morgan fingerprint density at radius 2 is 2.00 bits per heavy atom. The molecule has 2 unspecified atom stereocenters. The maximum atomic E-state index is 11.8. The average Bonchev–Trinajstić information content (AvgIpc) is 2.72. The van der Waals surface area contributed by atoms with E-state index in [1.54, 1.807) is 12.1 Å². The van der Waals surface area contributed by atoms with Gasteiger partial charge in [-0.05, 0) is 37.5 Å². The summed E-state index contributed by atoms with van der Waals surface area (Å²) in [7, 11) is 1.49. The van der Waals surface area contributed by atoms with Crippen LogP contribution in [-0.2, 0) is 4.74 Å². The molecule has 0 saturated carbocycles. The number of nitro benzene ring substituents is 1. The zero-order valence-electron chi connectivity index (χ0n) is 16.1. The number of aryl methyl sites for hydroxylation is 1. The van der Waals surface area contributed by atoms with Gasteiger partial charge in [0.05, 0.1) is 11.0 Å². The number of carbonyl (C=O) groups is 1. The molecule has 2 aromatic carbocycles. The van der Waals surface area contributed by atoms with E-state index >= 15 is 0 Å². The Morgan fingerprint density at radius 1 is 1.25 bits per heavy atom. The lowest BCUT2D eigenvalue weighted by Gasteiger charge is -2.32. The predicted octanol–water partition coefficient (Wildman–Crippen LogP) is 3.84. The standard InChI is InChI=1S/C21H25N3O4/c1-14-5-7-15(8-6-14)20-17(4-3-11-28-20)13-23-18-10-9-16(21(25)22-2)12-19(18)24(26)27/h5-10,12,17,20,23H,3-4,11,13H2,1-2H3,(H,22,25). The van der Waals surface area contributed by atoms with E-state index in [9.17, 15) is 14.9 Å². The molecule has 28 heavy (non-hydrogen) atoms. The summed E-state index contributed by atoms with van der Waals surface area (Å²) in [4.78, 5) is 22.8. The van der Waals surface area contributed by atoms with Crippen molar-refractivity contribution >= 4 is 17.3 Å². The quantitative estimate of drug-likeness (QED) is 0.584. The molecule has 1 aliphatic heterocycles. The van der Waals surface area contributed by atoms with Gasteiger partial charge in [-0.1, -0.05) is 29.8 Å². The van der Waals surface area contributed by atoms with E-state index in [1.165, 1.54) is 18.7 Å². The molecule has 1 heterocycles. The molecular weight excluding hydrogens is 358 g/mol. The molecule has 148 valence electrons. The third-order valence-corrected chi connectivity index (χ3v) is 5.09. The topological polar surface area (TPSA) is 93.5 Å². The molecule has 0 aliphatic carbocycles. The van der Waals surface area contributed by atoms with E-state index in [1.807, 2.05) is 6.92 Å². The van der Waals surface area contributed by atoms with Crippen molar-refractivity contribution in [2.45, 2.75) is 25.9 Å². The van der Waals surface area contributed by atoms with Gasteiger partial charge in [0.1, 0.15) is 5.69 Å². The van der Waals surface area contributed by atoms with Crippen molar-refractivity contribution in [2.24, 2.45) is 5.92 Å². The second-order valence-corrected chi connectivity index (χ2v) is 7.05. The van der Waals surface area contributed by atoms with Crippen LogP contribution in [0.3, 0.4) is 0 Å². The SMILES string of the molecule is CNC(=O)c1ccc(NCC2CCCOC2c2ccc(C)cc2)c([N+](=O)[O-])c1. The summed E-state index contributed by atoms with van der Waals surface area (Å²) in [5.41, 5.74) is 2.89. The van der Waals surface area contributed by atoms with E-state index < -0.39 is 4.92 Å². The van der Waals surface area contributed by atoms with Crippen LogP contribution < -0.4 is 10.6 Å². The minimum absolute atomic E-state index is 0.0361. The second-order valence-electron chi connectivity index (χ2n) is 7.05. The fourth-order valence-electron chi connectivity index (χ4n) is 3.54. The number of ether oxygens (including phenoxy) is 1. The van der Waals surface area contributed by atoms with Crippen molar-refractivity contribution < 1.29 is 14.5 Å². The van der Waals surface area contributed by atoms with Crippen molar-refractivity contribution in [3.63, 3.8) is 0 Å². The molecule has 1 fully saturated rings. The Labute approximate surface area is 164 Å². The molecule has 0 radical (unpaired) electrons. The highest BCUT2D eigenvalue weighted by Gasteiger charge is 2.28. The fourth-order valence-corrected chi connectivity index (χ4v) is 3.54. The number of rotatable bonds is 6. The smallest absolute Gasteiger partial charge is 0.293 e. The van der Waals surface area contributed by atoms with Crippen molar-refractivity contribution in [3.8, 4) is 0 Å². The van der Waals surface area contributed by atoms with Crippen LogP contribution in [0.4, 0.5) is 11.4 Å². The summed E-state index contributed by atoms with van der Waals surface area (Å²) in [6.45, 7) is 3.32. The number of hydrogen-bond donors (Lipinski definition) is 2. The monoisotopic (exact) mass is 383 g/mol. The van der Waals surface area contributed by atoms with Crippen LogP contribution in [0.5, 0.6) is 0 Å². The lowest BCUT2D eigenvalue weighted by atomic mass is 9.89. The largest absolute Gasteiger partial charge is 0.379 e. The molecule has 2 N–H and O–H groups in total. The number of hydrogen-bond acceptors (Lipinski definition) is 5. The zero-order chi connectivity index (χ0) is 20.1. The minimum Gasteiger partial charge on any atom is -0.379 e. The molecular formula is C21H25N3O4. The third kappa shape index (κ3) is 4.48. The Kier molecular flexibility index (Phi) is 6.26. The number of nitrogens with one attached hydrogen (secondary N) is 2. The second kappa shape index (κ2) is 8.84. The Hall–Kier alpha value is -2.93. The molecule has 7 heteroatoms. The third-order valence-electron chi connectivity index (χ3n) is 5.09. The summed E-state index contributed by atoms with van der Waals surface area (Å²) >= 11 is 0. The molecule has 1 amide bonds. The molecule has 2 atom stereocenters. The number of anilines is 1. The van der Waals surface area contributed by atoms with Crippen LogP contribution in [0.2, 0.25) is 0 Å². The van der Waals surface area contributed by atoms with Gasteiger partial charge in [-0.25, -0.2) is 0 Å². The van der Waals surface area contributed by atoms with Crippen LogP contribution in [0.25, 0.3) is 0 Å². The molecule has 0 spiro atoms. The van der Waals surface area contributed by atoms with Gasteiger partial charge in [-0.3, -0.25) is 14.9 Å². The highest BCUT2D eigenvalue weighted by atomic mass is 16.6. The van der Waals surface area contributed by atoms with Crippen LogP contribution >= 0.6 is 0 Å². The van der Waals surface area contributed by atoms with E-state index in [4.69, 9.17) is 4.74 Å². The van der Waals surface area contributed by atoms with Gasteiger partial charge in [0.15, 0.2) is 0 Å². The van der Waals surface area contributed by atoms with E-state index in [0.29, 0.717) is 12.2 Å². The van der Waals surface area contributed by atoms with Crippen LogP contribution in [0.1, 0.15) is 40.4 Å². The fraction of sp³-hybridized carbons (Fsp3) is 0.381. The van der Waals surface area contributed by atoms with Gasteiger partial charge >= 0.3 is 0 Å². The molecule has 2 aromatic rings. The average molecular weight is 383 g/mol. The first-order valence-corrected chi connectivity index (χ1v) is 9.42. The maximum Gasteiger partial charge on any atom is 0.293 e. The van der Waals surface area contributed by atoms with Crippen LogP contribution in [-0.4, -0.2) is 31.0 Å². The van der Waals surface area contributed by atoms with Crippen molar-refractivity contribution in [2.75, 3.05) is 25.5 Å². The Balaban J connectivity index is 1.76. The molecule has 7 nitrogen and oxygen atoms in total. The van der Waals surface area contributed by atoms with Crippen LogP contribution in [0.15, 0.2) is 42.5 Å². The Morgan fingerprint density at radius 3 is 2.68 bits per heavy atom. The molecule has 0 aromatic heterocycles. The molecule has 3 rings (SSSR count).